The molecule has 2 fully saturated rings. The molecule has 0 aromatic heterocycles. The zero-order chi connectivity index (χ0) is 28.2. The molecule has 4 aliphatic rings. The third-order valence-electron chi connectivity index (χ3n) is 7.89. The number of nitrogens with one attached hydrogen (secondary N) is 2. The topological polar surface area (TPSA) is 105 Å². The van der Waals surface area contributed by atoms with Gasteiger partial charge in [0.25, 0.3) is 11.8 Å². The first-order valence-corrected chi connectivity index (χ1v) is 14.3. The first kappa shape index (κ1) is 27.3. The highest BCUT2D eigenvalue weighted by Gasteiger charge is 2.29. The molecule has 4 aliphatic heterocycles. The highest BCUT2D eigenvalue weighted by molar-refractivity contribution is 6.06. The van der Waals surface area contributed by atoms with Gasteiger partial charge in [-0.15, -0.1) is 0 Å². The van der Waals surface area contributed by atoms with Gasteiger partial charge in [0.2, 0.25) is 0 Å². The summed E-state index contributed by atoms with van der Waals surface area (Å²) in [4.78, 5) is 34.2. The molecule has 2 aromatic rings. The number of ether oxygens (including phenoxy) is 2. The minimum Gasteiger partial charge on any atom is -0.603 e. The van der Waals surface area contributed by atoms with Gasteiger partial charge in [-0.25, -0.2) is 10.6 Å². The van der Waals surface area contributed by atoms with Crippen molar-refractivity contribution in [3.8, 4) is 0 Å². The summed E-state index contributed by atoms with van der Waals surface area (Å²) in [5.41, 5.74) is 7.10. The second-order valence-corrected chi connectivity index (χ2v) is 10.4. The Bertz CT molecular complexity index is 1300. The van der Waals surface area contributed by atoms with Gasteiger partial charge in [0.15, 0.2) is 5.69 Å². The number of benzene rings is 2. The number of hydrogen-bond acceptors (Lipinski definition) is 8. The molecule has 2 amide bonds. The number of amides is 2. The zero-order valence-corrected chi connectivity index (χ0v) is 23.1. The molecule has 216 valence electrons. The standard InChI is InChI=1S/C30H36N6O5/c37-29-27(32-15-19-40-20-16-32)3-1-13-34(29)24-7-5-23(6-8-24)31-36(39)26-11-9-25(10-12-26)35-14-2-4-28(30(35)38)33-17-21-41-22-18-33/h3-12,31,36H,1-2,13-22H2. The molecule has 0 bridgehead atoms. The number of nitrogens with zero attached hydrogens (tertiary/aromatic N) is 4. The Morgan fingerprint density at radius 3 is 1.54 bits per heavy atom. The molecule has 11 heteroatoms. The van der Waals surface area contributed by atoms with Crippen LogP contribution in [0.1, 0.15) is 12.8 Å². The minimum absolute atomic E-state index is 0.00484. The van der Waals surface area contributed by atoms with E-state index in [0.29, 0.717) is 64.0 Å². The van der Waals surface area contributed by atoms with Crippen molar-refractivity contribution in [2.75, 3.05) is 80.9 Å². The van der Waals surface area contributed by atoms with Gasteiger partial charge in [0.05, 0.1) is 43.5 Å². The molecule has 0 radical (unpaired) electrons. The number of carbonyl (C=O) groups excluding carboxylic acids is 2. The summed E-state index contributed by atoms with van der Waals surface area (Å²) >= 11 is 0. The fourth-order valence-electron chi connectivity index (χ4n) is 5.67. The number of quaternary nitrogens is 1. The van der Waals surface area contributed by atoms with Crippen LogP contribution in [0.3, 0.4) is 0 Å². The summed E-state index contributed by atoms with van der Waals surface area (Å²) in [7, 11) is 0. The van der Waals surface area contributed by atoms with Crippen molar-refractivity contribution in [2.45, 2.75) is 12.8 Å². The van der Waals surface area contributed by atoms with Gasteiger partial charge in [0.1, 0.15) is 0 Å². The molecule has 2 N–H and O–H groups in total. The second-order valence-electron chi connectivity index (χ2n) is 10.4. The Morgan fingerprint density at radius 2 is 1.07 bits per heavy atom. The maximum Gasteiger partial charge on any atom is 0.274 e. The lowest BCUT2D eigenvalue weighted by atomic mass is 10.1. The van der Waals surface area contributed by atoms with Gasteiger partial charge in [0, 0.05) is 62.8 Å². The van der Waals surface area contributed by atoms with Gasteiger partial charge in [-0.3, -0.25) is 9.59 Å². The molecule has 1 unspecified atom stereocenters. The average molecular weight is 561 g/mol. The largest absolute Gasteiger partial charge is 0.603 e. The molecule has 1 atom stereocenters. The summed E-state index contributed by atoms with van der Waals surface area (Å²) in [5.74, 6) is -0.0232. The third-order valence-corrected chi connectivity index (χ3v) is 7.89. The Labute approximate surface area is 239 Å². The third kappa shape index (κ3) is 5.94. The van der Waals surface area contributed by atoms with Gasteiger partial charge in [-0.05, 0) is 49.2 Å². The van der Waals surface area contributed by atoms with Crippen LogP contribution in [0.2, 0.25) is 0 Å². The lowest BCUT2D eigenvalue weighted by Gasteiger charge is -2.35. The van der Waals surface area contributed by atoms with Gasteiger partial charge in [-0.1, -0.05) is 12.2 Å². The number of carbonyl (C=O) groups is 2. The molecule has 4 heterocycles. The van der Waals surface area contributed by atoms with E-state index >= 15 is 0 Å². The Hall–Kier alpha value is -3.90. The van der Waals surface area contributed by atoms with Crippen LogP contribution in [0.5, 0.6) is 0 Å². The first-order valence-electron chi connectivity index (χ1n) is 14.3. The monoisotopic (exact) mass is 560 g/mol. The molecular weight excluding hydrogens is 524 g/mol. The fourth-order valence-corrected chi connectivity index (χ4v) is 5.67. The van der Waals surface area contributed by atoms with Crippen LogP contribution >= 0.6 is 0 Å². The van der Waals surface area contributed by atoms with Crippen molar-refractivity contribution in [1.82, 2.24) is 9.80 Å². The number of anilines is 3. The highest BCUT2D eigenvalue weighted by Crippen LogP contribution is 2.26. The van der Waals surface area contributed by atoms with E-state index in [4.69, 9.17) is 9.47 Å². The van der Waals surface area contributed by atoms with Gasteiger partial charge < -0.3 is 34.3 Å². The van der Waals surface area contributed by atoms with E-state index in [9.17, 15) is 14.8 Å². The summed E-state index contributed by atoms with van der Waals surface area (Å²) in [6, 6.07) is 14.5. The normalized spacial score (nSPS) is 21.0. The fraction of sp³-hybridized carbons (Fsp3) is 0.400. The number of hydrogen-bond donors (Lipinski definition) is 2. The van der Waals surface area contributed by atoms with E-state index in [2.05, 4.69) is 15.2 Å². The molecule has 0 spiro atoms. The molecule has 2 aromatic carbocycles. The van der Waals surface area contributed by atoms with Crippen LogP contribution in [-0.4, -0.2) is 87.3 Å². The smallest absolute Gasteiger partial charge is 0.274 e. The second kappa shape index (κ2) is 12.3. The van der Waals surface area contributed by atoms with Crippen molar-refractivity contribution >= 4 is 34.6 Å². The Morgan fingerprint density at radius 1 is 0.634 bits per heavy atom. The van der Waals surface area contributed by atoms with Gasteiger partial charge in [-0.2, -0.15) is 0 Å². The van der Waals surface area contributed by atoms with Gasteiger partial charge >= 0.3 is 0 Å². The van der Waals surface area contributed by atoms with Crippen molar-refractivity contribution in [1.29, 1.82) is 0 Å². The lowest BCUT2D eigenvalue weighted by Crippen LogP contribution is -3.05. The Kier molecular flexibility index (Phi) is 8.19. The highest BCUT2D eigenvalue weighted by atomic mass is 16.5. The maximum atomic E-state index is 13.2. The van der Waals surface area contributed by atoms with Crippen molar-refractivity contribution < 1.29 is 24.2 Å². The first-order chi connectivity index (χ1) is 20.1. The molecule has 0 saturated carbocycles. The van der Waals surface area contributed by atoms with Crippen LogP contribution in [0.25, 0.3) is 0 Å². The van der Waals surface area contributed by atoms with Crippen molar-refractivity contribution in [3.63, 3.8) is 0 Å². The molecular formula is C30H36N6O5. The predicted molar refractivity (Wildman–Crippen MR) is 155 cm³/mol. The maximum absolute atomic E-state index is 13.2. The van der Waals surface area contributed by atoms with Crippen LogP contribution in [0.4, 0.5) is 22.7 Å². The SMILES string of the molecule is O=C1C(N2CCOCC2)=CCCN1c1ccc(N[NH+]([O-])c2ccc(N3CCC=C(N4CCOCC4)C3=O)cc2)cc1. The predicted octanol–water partition coefficient (Wildman–Crippen LogP) is 1.63. The lowest BCUT2D eigenvalue weighted by molar-refractivity contribution is -0.749. The van der Waals surface area contributed by atoms with Crippen molar-refractivity contribution in [3.05, 3.63) is 77.3 Å². The molecule has 41 heavy (non-hydrogen) atoms. The van der Waals surface area contributed by atoms with Crippen LogP contribution in [-0.2, 0) is 19.1 Å². The van der Waals surface area contributed by atoms with E-state index in [1.807, 2.05) is 48.6 Å². The number of rotatable bonds is 7. The van der Waals surface area contributed by atoms with E-state index in [1.54, 1.807) is 21.9 Å². The molecule has 11 nitrogen and oxygen atoms in total. The van der Waals surface area contributed by atoms with E-state index in [0.717, 1.165) is 48.7 Å². The Balaban J connectivity index is 1.06. The summed E-state index contributed by atoms with van der Waals surface area (Å²) < 4.78 is 10.8. The average Bonchev–Trinajstić information content (AvgIpc) is 3.03. The van der Waals surface area contributed by atoms with E-state index in [1.165, 1.54) is 0 Å². The summed E-state index contributed by atoms with van der Waals surface area (Å²) in [6.45, 7) is 6.61. The van der Waals surface area contributed by atoms with Crippen LogP contribution in [0, 0.1) is 5.21 Å². The van der Waals surface area contributed by atoms with Crippen LogP contribution < -0.4 is 20.4 Å². The van der Waals surface area contributed by atoms with E-state index < -0.39 is 0 Å². The number of morpholine rings is 2. The summed E-state index contributed by atoms with van der Waals surface area (Å²) in [6.07, 6.45) is 5.61. The van der Waals surface area contributed by atoms with Crippen molar-refractivity contribution in [2.24, 2.45) is 0 Å². The molecule has 0 aliphatic carbocycles. The minimum atomic E-state index is -0.241. The summed E-state index contributed by atoms with van der Waals surface area (Å²) in [5, 5.41) is 12.7. The molecule has 6 rings (SSSR count). The van der Waals surface area contributed by atoms with Crippen LogP contribution in [0.15, 0.2) is 72.1 Å². The quantitative estimate of drug-likeness (QED) is 0.493. The van der Waals surface area contributed by atoms with E-state index in [-0.39, 0.29) is 17.0 Å². The molecule has 2 saturated heterocycles. The zero-order valence-electron chi connectivity index (χ0n) is 23.1.